The fourth-order valence-electron chi connectivity index (χ4n) is 5.32. The summed E-state index contributed by atoms with van der Waals surface area (Å²) in [6.07, 6.45) is 1.29. The van der Waals surface area contributed by atoms with Crippen LogP contribution >= 0.6 is 0 Å². The maximum absolute atomic E-state index is 12.8. The number of ether oxygens (including phenoxy) is 2. The Labute approximate surface area is 197 Å². The third-order valence-corrected chi connectivity index (χ3v) is 7.33. The van der Waals surface area contributed by atoms with Gasteiger partial charge in [0, 0.05) is 25.2 Å². The molecule has 0 bridgehead atoms. The van der Waals surface area contributed by atoms with Gasteiger partial charge in [0.2, 0.25) is 5.91 Å². The van der Waals surface area contributed by atoms with E-state index >= 15 is 0 Å². The molecule has 0 radical (unpaired) electrons. The van der Waals surface area contributed by atoms with Crippen LogP contribution in [0.2, 0.25) is 0 Å². The molecule has 5 rings (SSSR count). The summed E-state index contributed by atoms with van der Waals surface area (Å²) in [5.74, 6) is -1.79. The summed E-state index contributed by atoms with van der Waals surface area (Å²) in [5, 5.41) is 14.7. The molecular weight excluding hydrogens is 436 g/mol. The van der Waals surface area contributed by atoms with Gasteiger partial charge in [0.05, 0.1) is 6.42 Å². The summed E-state index contributed by atoms with van der Waals surface area (Å²) < 4.78 is 10.9. The highest BCUT2D eigenvalue weighted by Crippen LogP contribution is 2.53. The molecule has 0 aromatic heterocycles. The van der Waals surface area contributed by atoms with Gasteiger partial charge in [-0.1, -0.05) is 48.5 Å². The number of fused-ring (bicyclic) bond motifs is 3. The number of nitrogens with one attached hydrogen (secondary N) is 2. The van der Waals surface area contributed by atoms with Crippen LogP contribution in [0.15, 0.2) is 48.5 Å². The van der Waals surface area contributed by atoms with Crippen molar-refractivity contribution in [3.05, 3.63) is 59.7 Å². The van der Waals surface area contributed by atoms with Gasteiger partial charge in [-0.05, 0) is 46.9 Å². The van der Waals surface area contributed by atoms with Crippen LogP contribution in [0.25, 0.3) is 11.1 Å². The standard InChI is InChI=1S/C26H28N2O6/c29-23(30)13-21(24(31)28-22-14-26(22)9-11-33-12-10-26)27-25(32)34-15-20-18-7-3-1-5-16(18)17-6-2-4-8-19(17)20/h1-8,20-22H,9-15H2,(H,27,32)(H,28,31)(H,29,30). The molecule has 1 heterocycles. The van der Waals surface area contributed by atoms with Crippen molar-refractivity contribution in [2.24, 2.45) is 5.41 Å². The lowest BCUT2D eigenvalue weighted by atomic mass is 9.96. The quantitative estimate of drug-likeness (QED) is 0.580. The van der Waals surface area contributed by atoms with E-state index in [0.717, 1.165) is 41.5 Å². The SMILES string of the molecule is O=C(O)CC(NC(=O)OCC1c2ccccc2-c2ccccc21)C(=O)NC1CC12CCOCC2. The van der Waals surface area contributed by atoms with Crippen molar-refractivity contribution in [3.63, 3.8) is 0 Å². The first-order valence-corrected chi connectivity index (χ1v) is 11.7. The van der Waals surface area contributed by atoms with Gasteiger partial charge in [0.15, 0.2) is 0 Å². The van der Waals surface area contributed by atoms with Gasteiger partial charge < -0.3 is 25.2 Å². The van der Waals surface area contributed by atoms with Gasteiger partial charge in [-0.3, -0.25) is 9.59 Å². The van der Waals surface area contributed by atoms with Gasteiger partial charge in [-0.25, -0.2) is 4.79 Å². The molecule has 2 aromatic rings. The van der Waals surface area contributed by atoms with Gasteiger partial charge in [-0.2, -0.15) is 0 Å². The Kier molecular flexibility index (Phi) is 6.00. The third kappa shape index (κ3) is 4.37. The van der Waals surface area contributed by atoms with E-state index in [1.807, 2.05) is 48.5 Å². The van der Waals surface area contributed by atoms with Crippen LogP contribution in [-0.2, 0) is 19.1 Å². The molecule has 2 unspecified atom stereocenters. The van der Waals surface area contributed by atoms with Crippen LogP contribution in [0.4, 0.5) is 4.79 Å². The average Bonchev–Trinajstić information content (AvgIpc) is 3.37. The maximum atomic E-state index is 12.8. The van der Waals surface area contributed by atoms with E-state index < -0.39 is 30.4 Å². The molecular formula is C26H28N2O6. The average molecular weight is 465 g/mol. The second-order valence-corrected chi connectivity index (χ2v) is 9.36. The van der Waals surface area contributed by atoms with Crippen molar-refractivity contribution in [3.8, 4) is 11.1 Å². The second-order valence-electron chi connectivity index (χ2n) is 9.36. The number of amides is 2. The van der Waals surface area contributed by atoms with E-state index in [2.05, 4.69) is 10.6 Å². The fraction of sp³-hybridized carbons (Fsp3) is 0.423. The highest BCUT2D eigenvalue weighted by atomic mass is 16.5. The molecule has 1 aliphatic heterocycles. The van der Waals surface area contributed by atoms with Crippen LogP contribution in [0.5, 0.6) is 0 Å². The summed E-state index contributed by atoms with van der Waals surface area (Å²) in [6.45, 7) is 1.43. The van der Waals surface area contributed by atoms with Crippen molar-refractivity contribution < 1.29 is 29.0 Å². The Morgan fingerprint density at radius 2 is 1.65 bits per heavy atom. The zero-order valence-corrected chi connectivity index (χ0v) is 18.8. The lowest BCUT2D eigenvalue weighted by Crippen LogP contribution is -2.49. The number of carbonyl (C=O) groups is 3. The van der Waals surface area contributed by atoms with Gasteiger partial charge in [0.1, 0.15) is 12.6 Å². The van der Waals surface area contributed by atoms with E-state index in [1.54, 1.807) is 0 Å². The van der Waals surface area contributed by atoms with E-state index in [0.29, 0.717) is 13.2 Å². The number of alkyl carbamates (subject to hydrolysis) is 1. The Morgan fingerprint density at radius 3 is 2.26 bits per heavy atom. The van der Waals surface area contributed by atoms with E-state index in [-0.39, 0.29) is 24.0 Å². The number of hydrogen-bond donors (Lipinski definition) is 3. The Hall–Kier alpha value is -3.39. The van der Waals surface area contributed by atoms with Crippen LogP contribution in [-0.4, -0.2) is 55.0 Å². The number of hydrogen-bond acceptors (Lipinski definition) is 5. The minimum atomic E-state index is -1.20. The van der Waals surface area contributed by atoms with Gasteiger partial charge >= 0.3 is 12.1 Å². The zero-order chi connectivity index (χ0) is 23.7. The van der Waals surface area contributed by atoms with Crippen LogP contribution < -0.4 is 10.6 Å². The summed E-state index contributed by atoms with van der Waals surface area (Å²) in [7, 11) is 0. The first-order valence-electron chi connectivity index (χ1n) is 11.7. The molecule has 8 nitrogen and oxygen atoms in total. The number of carbonyl (C=O) groups excluding carboxylic acids is 2. The molecule has 2 amide bonds. The Bertz CT molecular complexity index is 1060. The van der Waals surface area contributed by atoms with E-state index in [9.17, 15) is 19.5 Å². The normalized spacial score (nSPS) is 20.6. The van der Waals surface area contributed by atoms with E-state index in [4.69, 9.17) is 9.47 Å². The lowest BCUT2D eigenvalue weighted by molar-refractivity contribution is -0.139. The molecule has 34 heavy (non-hydrogen) atoms. The van der Waals surface area contributed by atoms with Gasteiger partial charge in [0.25, 0.3) is 0 Å². The van der Waals surface area contributed by atoms with Crippen LogP contribution in [0, 0.1) is 5.41 Å². The molecule has 2 fully saturated rings. The summed E-state index contributed by atoms with van der Waals surface area (Å²) in [4.78, 5) is 36.7. The number of rotatable bonds is 7. The molecule has 8 heteroatoms. The van der Waals surface area contributed by atoms with Crippen molar-refractivity contribution in [2.75, 3.05) is 19.8 Å². The maximum Gasteiger partial charge on any atom is 0.407 e. The molecule has 1 saturated heterocycles. The summed E-state index contributed by atoms with van der Waals surface area (Å²) in [5.41, 5.74) is 4.42. The van der Waals surface area contributed by atoms with E-state index in [1.165, 1.54) is 0 Å². The summed E-state index contributed by atoms with van der Waals surface area (Å²) in [6, 6.07) is 14.8. The zero-order valence-electron chi connectivity index (χ0n) is 18.8. The molecule has 178 valence electrons. The molecule has 2 aromatic carbocycles. The second kappa shape index (κ2) is 9.10. The predicted octanol–water partition coefficient (Wildman–Crippen LogP) is 3.05. The van der Waals surface area contributed by atoms with Crippen LogP contribution in [0.3, 0.4) is 0 Å². The highest BCUT2D eigenvalue weighted by Gasteiger charge is 2.55. The lowest BCUT2D eigenvalue weighted by Gasteiger charge is -2.24. The fourth-order valence-corrected chi connectivity index (χ4v) is 5.32. The number of carboxylic acids is 1. The molecule has 3 aliphatic rings. The topological polar surface area (TPSA) is 114 Å². The van der Waals surface area contributed by atoms with Gasteiger partial charge in [-0.15, -0.1) is 0 Å². The summed E-state index contributed by atoms with van der Waals surface area (Å²) >= 11 is 0. The van der Waals surface area contributed by atoms with Crippen molar-refractivity contribution >= 4 is 18.0 Å². The molecule has 2 atom stereocenters. The smallest absolute Gasteiger partial charge is 0.407 e. The molecule has 1 saturated carbocycles. The molecule has 2 aliphatic carbocycles. The molecule has 1 spiro atoms. The predicted molar refractivity (Wildman–Crippen MR) is 123 cm³/mol. The third-order valence-electron chi connectivity index (χ3n) is 7.33. The molecule has 3 N–H and O–H groups in total. The first kappa shape index (κ1) is 22.4. The first-order chi connectivity index (χ1) is 16.5. The minimum absolute atomic E-state index is 0.00972. The van der Waals surface area contributed by atoms with Crippen molar-refractivity contribution in [1.29, 1.82) is 0 Å². The highest BCUT2D eigenvalue weighted by molar-refractivity contribution is 5.89. The number of benzene rings is 2. The number of carboxylic acid groups (broad SMARTS) is 1. The number of aliphatic carboxylic acids is 1. The van der Waals surface area contributed by atoms with Crippen molar-refractivity contribution in [2.45, 2.75) is 43.7 Å². The Morgan fingerprint density at radius 1 is 1.03 bits per heavy atom. The van der Waals surface area contributed by atoms with Crippen molar-refractivity contribution in [1.82, 2.24) is 10.6 Å². The largest absolute Gasteiger partial charge is 0.481 e. The van der Waals surface area contributed by atoms with Crippen LogP contribution in [0.1, 0.15) is 42.7 Å². The minimum Gasteiger partial charge on any atom is -0.481 e. The monoisotopic (exact) mass is 464 g/mol. The Balaban J connectivity index is 1.21.